The van der Waals surface area contributed by atoms with Gasteiger partial charge in [-0.15, -0.1) is 0 Å². The number of benzene rings is 2. The van der Waals surface area contributed by atoms with Crippen LogP contribution >= 0.6 is 0 Å². The number of hydrogen-bond acceptors (Lipinski definition) is 4. The van der Waals surface area contributed by atoms with Crippen LogP contribution in [-0.4, -0.2) is 45.7 Å². The van der Waals surface area contributed by atoms with Gasteiger partial charge in [0.15, 0.2) is 0 Å². The lowest BCUT2D eigenvalue weighted by Gasteiger charge is -2.22. The first-order valence-electron chi connectivity index (χ1n) is 8.43. The highest BCUT2D eigenvalue weighted by Crippen LogP contribution is 2.25. The van der Waals surface area contributed by atoms with Gasteiger partial charge in [-0.3, -0.25) is 4.79 Å². The Labute approximate surface area is 155 Å². The zero-order chi connectivity index (χ0) is 18.9. The van der Waals surface area contributed by atoms with Crippen molar-refractivity contribution in [1.82, 2.24) is 10.2 Å². The molecule has 0 bridgehead atoms. The summed E-state index contributed by atoms with van der Waals surface area (Å²) in [4.78, 5) is 14.5. The van der Waals surface area contributed by atoms with Crippen LogP contribution in [0.3, 0.4) is 0 Å². The molecule has 0 unspecified atom stereocenters. The number of hydrogen-bond donors (Lipinski definition) is 1. The van der Waals surface area contributed by atoms with Crippen LogP contribution in [0, 0.1) is 0 Å². The fourth-order valence-electron chi connectivity index (χ4n) is 2.63. The first kappa shape index (κ1) is 19.5. The maximum atomic E-state index is 12.4. The second-order valence-corrected chi connectivity index (χ2v) is 6.18. The van der Waals surface area contributed by atoms with Crippen LogP contribution < -0.4 is 14.8 Å². The number of nitrogens with zero attached hydrogens (tertiary/aromatic N) is 1. The summed E-state index contributed by atoms with van der Waals surface area (Å²) < 4.78 is 10.5. The van der Waals surface area contributed by atoms with Crippen molar-refractivity contribution in [2.24, 2.45) is 0 Å². The van der Waals surface area contributed by atoms with Crippen LogP contribution in [0.15, 0.2) is 54.6 Å². The molecule has 2 aromatic rings. The highest BCUT2D eigenvalue weighted by atomic mass is 16.5. The number of methoxy groups -OCH3 is 2. The quantitative estimate of drug-likeness (QED) is 0.740. The van der Waals surface area contributed by atoms with Gasteiger partial charge in [0.05, 0.1) is 20.3 Å². The molecule has 0 saturated carbocycles. The molecule has 1 amide bonds. The molecule has 0 aliphatic heterocycles. The van der Waals surface area contributed by atoms with E-state index in [0.717, 1.165) is 17.7 Å². The highest BCUT2D eigenvalue weighted by Gasteiger charge is 2.14. The van der Waals surface area contributed by atoms with E-state index in [1.165, 1.54) is 6.08 Å². The van der Waals surface area contributed by atoms with E-state index in [-0.39, 0.29) is 11.9 Å². The number of carbonyl (C=O) groups is 1. The van der Waals surface area contributed by atoms with E-state index in [9.17, 15) is 4.79 Å². The van der Waals surface area contributed by atoms with Crippen molar-refractivity contribution in [3.8, 4) is 11.5 Å². The Morgan fingerprint density at radius 3 is 2.46 bits per heavy atom. The van der Waals surface area contributed by atoms with Gasteiger partial charge >= 0.3 is 0 Å². The van der Waals surface area contributed by atoms with Gasteiger partial charge in [-0.1, -0.05) is 30.3 Å². The summed E-state index contributed by atoms with van der Waals surface area (Å²) in [6.07, 6.45) is 3.27. The van der Waals surface area contributed by atoms with E-state index in [1.807, 2.05) is 61.5 Å². The van der Waals surface area contributed by atoms with Crippen molar-refractivity contribution >= 4 is 12.0 Å². The molecule has 0 radical (unpaired) electrons. The van der Waals surface area contributed by atoms with Crippen molar-refractivity contribution in [3.63, 3.8) is 0 Å². The zero-order valence-corrected chi connectivity index (χ0v) is 15.7. The molecular weight excluding hydrogens is 328 g/mol. The molecule has 26 heavy (non-hydrogen) atoms. The lowest BCUT2D eigenvalue weighted by Crippen LogP contribution is -2.34. The first-order chi connectivity index (χ1) is 12.5. The summed E-state index contributed by atoms with van der Waals surface area (Å²) in [5.74, 6) is 1.21. The van der Waals surface area contributed by atoms with E-state index in [1.54, 1.807) is 26.4 Å². The van der Waals surface area contributed by atoms with Gasteiger partial charge in [-0.05, 0) is 37.9 Å². The van der Waals surface area contributed by atoms with Crippen molar-refractivity contribution in [2.75, 3.05) is 34.9 Å². The minimum Gasteiger partial charge on any atom is -0.497 e. The average molecular weight is 354 g/mol. The minimum absolute atomic E-state index is 0.0823. The van der Waals surface area contributed by atoms with Gasteiger partial charge in [-0.25, -0.2) is 0 Å². The standard InChI is InChI=1S/C21H26N2O3/c1-23(2)15-19(16-8-6-5-7-9-16)22-21(24)13-11-17-10-12-18(25-3)14-20(17)26-4/h5-14,19H,15H2,1-4H3,(H,22,24)/b13-11+/t19-/m0/s1. The molecule has 1 atom stereocenters. The zero-order valence-electron chi connectivity index (χ0n) is 15.7. The van der Waals surface area contributed by atoms with Gasteiger partial charge in [0.2, 0.25) is 5.91 Å². The lowest BCUT2D eigenvalue weighted by molar-refractivity contribution is -0.117. The summed E-state index contributed by atoms with van der Waals surface area (Å²) in [6.45, 7) is 0.718. The SMILES string of the molecule is COc1ccc(/C=C/C(=O)N[C@@H](CN(C)C)c2ccccc2)c(OC)c1. The van der Waals surface area contributed by atoms with Gasteiger partial charge in [0.1, 0.15) is 11.5 Å². The summed E-state index contributed by atoms with van der Waals surface area (Å²) in [6, 6.07) is 15.3. The van der Waals surface area contributed by atoms with Crippen molar-refractivity contribution in [2.45, 2.75) is 6.04 Å². The molecule has 5 heteroatoms. The minimum atomic E-state index is -0.154. The van der Waals surface area contributed by atoms with Crippen LogP contribution in [0.2, 0.25) is 0 Å². The summed E-state index contributed by atoms with van der Waals surface area (Å²) in [5, 5.41) is 3.06. The Kier molecular flexibility index (Phi) is 7.24. The monoisotopic (exact) mass is 354 g/mol. The van der Waals surface area contributed by atoms with Gasteiger partial charge < -0.3 is 19.7 Å². The Morgan fingerprint density at radius 1 is 1.12 bits per heavy atom. The molecule has 0 saturated heterocycles. The van der Waals surface area contributed by atoms with Crippen molar-refractivity contribution in [3.05, 3.63) is 65.7 Å². The molecule has 2 rings (SSSR count). The van der Waals surface area contributed by atoms with Crippen LogP contribution in [-0.2, 0) is 4.79 Å². The molecule has 5 nitrogen and oxygen atoms in total. The van der Waals surface area contributed by atoms with Gasteiger partial charge in [-0.2, -0.15) is 0 Å². The summed E-state index contributed by atoms with van der Waals surface area (Å²) in [5.41, 5.74) is 1.89. The molecule has 2 aromatic carbocycles. The molecule has 0 aliphatic rings. The average Bonchev–Trinajstić information content (AvgIpc) is 2.66. The van der Waals surface area contributed by atoms with E-state index < -0.39 is 0 Å². The van der Waals surface area contributed by atoms with Crippen LogP contribution in [0.1, 0.15) is 17.2 Å². The van der Waals surface area contributed by atoms with Gasteiger partial charge in [0.25, 0.3) is 0 Å². The van der Waals surface area contributed by atoms with Crippen LogP contribution in [0.4, 0.5) is 0 Å². The Hall–Kier alpha value is -2.79. The fraction of sp³-hybridized carbons (Fsp3) is 0.286. The Balaban J connectivity index is 2.11. The normalized spacial score (nSPS) is 12.2. The number of ether oxygens (including phenoxy) is 2. The fourth-order valence-corrected chi connectivity index (χ4v) is 2.63. The number of rotatable bonds is 8. The maximum absolute atomic E-state index is 12.4. The molecule has 138 valence electrons. The van der Waals surface area contributed by atoms with Crippen LogP contribution in [0.25, 0.3) is 6.08 Å². The lowest BCUT2D eigenvalue weighted by atomic mass is 10.1. The Morgan fingerprint density at radius 2 is 1.85 bits per heavy atom. The topological polar surface area (TPSA) is 50.8 Å². The molecular formula is C21H26N2O3. The van der Waals surface area contributed by atoms with E-state index in [4.69, 9.17) is 9.47 Å². The summed E-state index contributed by atoms with van der Waals surface area (Å²) >= 11 is 0. The second kappa shape index (κ2) is 9.63. The first-order valence-corrected chi connectivity index (χ1v) is 8.43. The number of amides is 1. The predicted octanol–water partition coefficient (Wildman–Crippen LogP) is 3.14. The Bertz CT molecular complexity index is 742. The highest BCUT2D eigenvalue weighted by molar-refractivity contribution is 5.92. The molecule has 0 fully saturated rings. The third-order valence-electron chi connectivity index (χ3n) is 3.92. The van der Waals surface area contributed by atoms with E-state index in [2.05, 4.69) is 5.32 Å². The third-order valence-corrected chi connectivity index (χ3v) is 3.92. The largest absolute Gasteiger partial charge is 0.497 e. The number of carbonyl (C=O) groups excluding carboxylic acids is 1. The molecule has 0 aromatic heterocycles. The molecule has 1 N–H and O–H groups in total. The van der Waals surface area contributed by atoms with E-state index in [0.29, 0.717) is 11.5 Å². The van der Waals surface area contributed by atoms with Crippen molar-refractivity contribution in [1.29, 1.82) is 0 Å². The maximum Gasteiger partial charge on any atom is 0.244 e. The molecule has 0 spiro atoms. The molecule has 0 aliphatic carbocycles. The summed E-state index contributed by atoms with van der Waals surface area (Å²) in [7, 11) is 7.17. The molecule has 0 heterocycles. The predicted molar refractivity (Wildman–Crippen MR) is 104 cm³/mol. The number of likely N-dealkylation sites (N-methyl/N-ethyl adjacent to an activating group) is 1. The van der Waals surface area contributed by atoms with Crippen LogP contribution in [0.5, 0.6) is 11.5 Å². The number of nitrogens with one attached hydrogen (secondary N) is 1. The second-order valence-electron chi connectivity index (χ2n) is 6.18. The van der Waals surface area contributed by atoms with Gasteiger partial charge in [0, 0.05) is 24.3 Å². The smallest absolute Gasteiger partial charge is 0.244 e. The van der Waals surface area contributed by atoms with Crippen molar-refractivity contribution < 1.29 is 14.3 Å². The third kappa shape index (κ3) is 5.63. The van der Waals surface area contributed by atoms with E-state index >= 15 is 0 Å².